The quantitative estimate of drug-likeness (QED) is 0.914. The van der Waals surface area contributed by atoms with E-state index in [9.17, 15) is 4.79 Å². The van der Waals surface area contributed by atoms with E-state index in [0.717, 1.165) is 5.56 Å². The van der Waals surface area contributed by atoms with Gasteiger partial charge in [0.25, 0.3) is 0 Å². The molecule has 100 valence electrons. The smallest absolute Gasteiger partial charge is 0.144 e. The van der Waals surface area contributed by atoms with Crippen molar-refractivity contribution in [2.75, 3.05) is 0 Å². The van der Waals surface area contributed by atoms with Gasteiger partial charge >= 0.3 is 0 Å². The van der Waals surface area contributed by atoms with E-state index in [0.29, 0.717) is 10.0 Å². The molecule has 2 nitrogen and oxygen atoms in total. The highest BCUT2D eigenvalue weighted by Gasteiger charge is 2.39. The maximum absolute atomic E-state index is 12.4. The van der Waals surface area contributed by atoms with Crippen LogP contribution in [-0.2, 0) is 11.2 Å². The van der Waals surface area contributed by atoms with Gasteiger partial charge in [0.1, 0.15) is 5.78 Å². The first-order valence-electron chi connectivity index (χ1n) is 5.82. The highest BCUT2D eigenvalue weighted by Crippen LogP contribution is 2.32. The number of carbonyl (C=O) groups is 1. The van der Waals surface area contributed by atoms with E-state index in [1.807, 2.05) is 27.7 Å². The molecule has 0 atom stereocenters. The fourth-order valence-corrected chi connectivity index (χ4v) is 1.81. The topological polar surface area (TPSA) is 43.1 Å². The van der Waals surface area contributed by atoms with Crippen LogP contribution in [0.4, 0.5) is 0 Å². The lowest BCUT2D eigenvalue weighted by molar-refractivity contribution is -0.129. The van der Waals surface area contributed by atoms with Crippen molar-refractivity contribution in [1.82, 2.24) is 0 Å². The lowest BCUT2D eigenvalue weighted by Crippen LogP contribution is -2.52. The largest absolute Gasteiger partial charge is 0.325 e. The summed E-state index contributed by atoms with van der Waals surface area (Å²) in [5.41, 5.74) is 5.58. The molecule has 4 heteroatoms. The van der Waals surface area contributed by atoms with Crippen LogP contribution in [-0.4, -0.2) is 11.3 Å². The Morgan fingerprint density at radius 3 is 2.28 bits per heavy atom. The monoisotopic (exact) mass is 287 g/mol. The molecule has 0 amide bonds. The molecule has 1 rings (SSSR count). The minimum atomic E-state index is -0.626. The van der Waals surface area contributed by atoms with Crippen LogP contribution in [0, 0.1) is 5.41 Å². The second-order valence-corrected chi connectivity index (χ2v) is 6.53. The molecule has 0 aromatic heterocycles. The van der Waals surface area contributed by atoms with Crippen LogP contribution in [0.25, 0.3) is 0 Å². The second-order valence-electron chi connectivity index (χ2n) is 5.68. The number of Topliss-reactive ketones (excluding diaryl/α,β-unsaturated/α-hetero) is 1. The SMILES string of the molecule is CC(C)(N)C(C)(C)C(=O)Cc1cc(Cl)ccc1Cl. The standard InChI is InChI=1S/C14H19Cl2NO/c1-13(2,14(3,4)17)12(18)8-9-7-10(15)5-6-11(9)16/h5-7H,8,17H2,1-4H3. The van der Waals surface area contributed by atoms with E-state index < -0.39 is 11.0 Å². The van der Waals surface area contributed by atoms with Crippen LogP contribution < -0.4 is 5.73 Å². The van der Waals surface area contributed by atoms with Crippen molar-refractivity contribution >= 4 is 29.0 Å². The predicted octanol–water partition coefficient (Wildman–Crippen LogP) is 3.87. The van der Waals surface area contributed by atoms with Crippen molar-refractivity contribution in [3.8, 4) is 0 Å². The van der Waals surface area contributed by atoms with E-state index in [-0.39, 0.29) is 12.2 Å². The van der Waals surface area contributed by atoms with Crippen LogP contribution in [0.15, 0.2) is 18.2 Å². The zero-order chi connectivity index (χ0) is 14.1. The summed E-state index contributed by atoms with van der Waals surface area (Å²) in [6.07, 6.45) is 0.243. The molecule has 2 N–H and O–H groups in total. The Kier molecular flexibility index (Phi) is 4.47. The fraction of sp³-hybridized carbons (Fsp3) is 0.500. The molecule has 0 aliphatic carbocycles. The van der Waals surface area contributed by atoms with Gasteiger partial charge in [-0.05, 0) is 37.6 Å². The molecule has 0 spiro atoms. The third kappa shape index (κ3) is 3.25. The van der Waals surface area contributed by atoms with Gasteiger partial charge in [-0.15, -0.1) is 0 Å². The zero-order valence-electron chi connectivity index (χ0n) is 11.2. The molecule has 0 saturated carbocycles. The molecule has 1 aromatic rings. The Labute approximate surface area is 118 Å². The number of nitrogens with two attached hydrogens (primary N) is 1. The van der Waals surface area contributed by atoms with Gasteiger partial charge < -0.3 is 5.73 Å². The second kappa shape index (κ2) is 5.20. The first-order valence-corrected chi connectivity index (χ1v) is 6.57. The highest BCUT2D eigenvalue weighted by atomic mass is 35.5. The molecule has 0 saturated heterocycles. The molecular weight excluding hydrogens is 269 g/mol. The third-order valence-corrected chi connectivity index (χ3v) is 4.27. The van der Waals surface area contributed by atoms with E-state index in [1.54, 1.807) is 18.2 Å². The molecule has 0 aliphatic rings. The Morgan fingerprint density at radius 1 is 1.22 bits per heavy atom. The van der Waals surface area contributed by atoms with Crippen LogP contribution >= 0.6 is 23.2 Å². The van der Waals surface area contributed by atoms with Crippen LogP contribution in [0.2, 0.25) is 10.0 Å². The van der Waals surface area contributed by atoms with Gasteiger partial charge in [0, 0.05) is 27.4 Å². The summed E-state index contributed by atoms with van der Waals surface area (Å²) in [6.45, 7) is 7.41. The number of hydrogen-bond acceptors (Lipinski definition) is 2. The average molecular weight is 288 g/mol. The normalized spacial score (nSPS) is 12.6. The Hall–Kier alpha value is -0.570. The lowest BCUT2D eigenvalue weighted by Gasteiger charge is -2.37. The summed E-state index contributed by atoms with van der Waals surface area (Å²) in [7, 11) is 0. The number of carbonyl (C=O) groups excluding carboxylic acids is 1. The van der Waals surface area contributed by atoms with Gasteiger partial charge in [-0.2, -0.15) is 0 Å². The zero-order valence-corrected chi connectivity index (χ0v) is 12.7. The minimum Gasteiger partial charge on any atom is -0.325 e. The summed E-state index contributed by atoms with van der Waals surface area (Å²) < 4.78 is 0. The Morgan fingerprint density at radius 2 is 1.78 bits per heavy atom. The fourth-order valence-electron chi connectivity index (χ4n) is 1.43. The Bertz CT molecular complexity index is 461. The van der Waals surface area contributed by atoms with E-state index in [2.05, 4.69) is 0 Å². The van der Waals surface area contributed by atoms with Gasteiger partial charge in [0.05, 0.1) is 0 Å². The number of halogens is 2. The summed E-state index contributed by atoms with van der Waals surface area (Å²) >= 11 is 12.0. The van der Waals surface area contributed by atoms with Crippen molar-refractivity contribution in [2.24, 2.45) is 11.1 Å². The minimum absolute atomic E-state index is 0.0548. The molecule has 0 unspecified atom stereocenters. The molecule has 18 heavy (non-hydrogen) atoms. The van der Waals surface area contributed by atoms with Crippen molar-refractivity contribution in [3.05, 3.63) is 33.8 Å². The molecule has 0 bridgehead atoms. The summed E-state index contributed by atoms with van der Waals surface area (Å²) in [5, 5.41) is 1.13. The van der Waals surface area contributed by atoms with Gasteiger partial charge in [0.2, 0.25) is 0 Å². The van der Waals surface area contributed by atoms with Crippen LogP contribution in [0.5, 0.6) is 0 Å². The first kappa shape index (κ1) is 15.5. The van der Waals surface area contributed by atoms with Gasteiger partial charge in [-0.1, -0.05) is 37.0 Å². The average Bonchev–Trinajstić information content (AvgIpc) is 2.21. The number of rotatable bonds is 4. The van der Waals surface area contributed by atoms with Gasteiger partial charge in [-0.3, -0.25) is 4.79 Å². The van der Waals surface area contributed by atoms with Gasteiger partial charge in [0.15, 0.2) is 0 Å². The van der Waals surface area contributed by atoms with E-state index in [4.69, 9.17) is 28.9 Å². The molecule has 0 aliphatic heterocycles. The maximum atomic E-state index is 12.4. The maximum Gasteiger partial charge on any atom is 0.144 e. The van der Waals surface area contributed by atoms with Crippen molar-refractivity contribution in [1.29, 1.82) is 0 Å². The first-order chi connectivity index (χ1) is 8.05. The summed E-state index contributed by atoms with van der Waals surface area (Å²) in [6, 6.07) is 5.13. The van der Waals surface area contributed by atoms with E-state index >= 15 is 0 Å². The predicted molar refractivity (Wildman–Crippen MR) is 77.2 cm³/mol. The molecule has 0 heterocycles. The van der Waals surface area contributed by atoms with E-state index in [1.165, 1.54) is 0 Å². The molecular formula is C14H19Cl2NO. The summed E-state index contributed by atoms with van der Waals surface area (Å²) in [5.74, 6) is 0.0548. The third-order valence-electron chi connectivity index (χ3n) is 3.67. The highest BCUT2D eigenvalue weighted by molar-refractivity contribution is 6.33. The van der Waals surface area contributed by atoms with Crippen molar-refractivity contribution < 1.29 is 4.79 Å². The molecule has 0 radical (unpaired) electrons. The number of ketones is 1. The Balaban J connectivity index is 2.98. The van der Waals surface area contributed by atoms with Crippen molar-refractivity contribution in [3.63, 3.8) is 0 Å². The van der Waals surface area contributed by atoms with Crippen molar-refractivity contribution in [2.45, 2.75) is 39.7 Å². The molecule has 1 aromatic carbocycles. The molecule has 0 fully saturated rings. The summed E-state index contributed by atoms with van der Waals surface area (Å²) in [4.78, 5) is 12.4. The number of benzene rings is 1. The van der Waals surface area contributed by atoms with Gasteiger partial charge in [-0.25, -0.2) is 0 Å². The lowest BCUT2D eigenvalue weighted by atomic mass is 9.71. The number of hydrogen-bond donors (Lipinski definition) is 1. The van der Waals surface area contributed by atoms with Crippen LogP contribution in [0.1, 0.15) is 33.3 Å². The van der Waals surface area contributed by atoms with Crippen LogP contribution in [0.3, 0.4) is 0 Å².